The maximum Gasteiger partial charge on any atom is 0.338 e. The van der Waals surface area contributed by atoms with Crippen LogP contribution in [0.25, 0.3) is 0 Å². The molecule has 11 heteroatoms. The number of carbonyl (C=O) groups excluding carboxylic acids is 3. The number of amides is 3. The van der Waals surface area contributed by atoms with Gasteiger partial charge in [0.2, 0.25) is 0 Å². The van der Waals surface area contributed by atoms with Crippen molar-refractivity contribution in [3.8, 4) is 5.75 Å². The van der Waals surface area contributed by atoms with Gasteiger partial charge in [0.15, 0.2) is 0 Å². The van der Waals surface area contributed by atoms with E-state index in [0.29, 0.717) is 65.9 Å². The number of ether oxygens (including phenoxy) is 2. The fourth-order valence-electron chi connectivity index (χ4n) is 5.25. The number of halogens is 2. The summed E-state index contributed by atoms with van der Waals surface area (Å²) in [5.74, 6) is 0.0254. The number of piperazine rings is 1. The minimum absolute atomic E-state index is 0.0691. The van der Waals surface area contributed by atoms with Crippen LogP contribution < -0.4 is 10.1 Å². The SMILES string of the molecule is CCOC(=O)C1=C(CN2CCN(C(=O)c3cccc(OC)c3)[C@H](C)C2)N(CC)C(=O)N[C@H]1c1cccc(Cl)c1Cl. The molecule has 214 valence electrons. The van der Waals surface area contributed by atoms with Gasteiger partial charge in [0.05, 0.1) is 35.4 Å². The van der Waals surface area contributed by atoms with E-state index in [9.17, 15) is 14.4 Å². The minimum atomic E-state index is -0.830. The highest BCUT2D eigenvalue weighted by Gasteiger charge is 2.40. The number of benzene rings is 2. The van der Waals surface area contributed by atoms with Crippen molar-refractivity contribution in [3.05, 3.63) is 74.9 Å². The van der Waals surface area contributed by atoms with E-state index in [1.807, 2.05) is 18.7 Å². The number of rotatable bonds is 8. The van der Waals surface area contributed by atoms with E-state index in [2.05, 4.69) is 10.2 Å². The summed E-state index contributed by atoms with van der Waals surface area (Å²) >= 11 is 12.8. The lowest BCUT2D eigenvalue weighted by Crippen LogP contribution is -2.56. The van der Waals surface area contributed by atoms with Crippen molar-refractivity contribution in [2.24, 2.45) is 0 Å². The molecule has 3 amide bonds. The highest BCUT2D eigenvalue weighted by atomic mass is 35.5. The first-order chi connectivity index (χ1) is 19.2. The van der Waals surface area contributed by atoms with Crippen LogP contribution in [-0.2, 0) is 9.53 Å². The van der Waals surface area contributed by atoms with Gasteiger partial charge in [0.25, 0.3) is 5.91 Å². The van der Waals surface area contributed by atoms with Gasteiger partial charge >= 0.3 is 12.0 Å². The number of esters is 1. The Balaban J connectivity index is 1.64. The van der Waals surface area contributed by atoms with Crippen LogP contribution in [0.2, 0.25) is 10.0 Å². The van der Waals surface area contributed by atoms with Crippen molar-refractivity contribution in [1.82, 2.24) is 20.0 Å². The quantitative estimate of drug-likeness (QED) is 0.447. The number of hydrogen-bond donors (Lipinski definition) is 1. The van der Waals surface area contributed by atoms with Crippen LogP contribution in [-0.4, -0.2) is 85.1 Å². The van der Waals surface area contributed by atoms with Crippen LogP contribution in [0.1, 0.15) is 42.7 Å². The molecule has 4 rings (SSSR count). The molecule has 2 aliphatic heterocycles. The molecule has 2 aromatic rings. The molecular weight excluding hydrogens is 555 g/mol. The predicted molar refractivity (Wildman–Crippen MR) is 154 cm³/mol. The smallest absolute Gasteiger partial charge is 0.338 e. The molecule has 0 saturated carbocycles. The maximum atomic E-state index is 13.4. The Morgan fingerprint density at radius 2 is 1.85 bits per heavy atom. The summed E-state index contributed by atoms with van der Waals surface area (Å²) < 4.78 is 10.7. The first kappa shape index (κ1) is 29.7. The summed E-state index contributed by atoms with van der Waals surface area (Å²) in [5.41, 5.74) is 1.94. The lowest BCUT2D eigenvalue weighted by molar-refractivity contribution is -0.139. The van der Waals surface area contributed by atoms with Crippen LogP contribution in [0.4, 0.5) is 4.79 Å². The Bertz CT molecular complexity index is 1320. The first-order valence-electron chi connectivity index (χ1n) is 13.3. The third-order valence-electron chi connectivity index (χ3n) is 7.20. The van der Waals surface area contributed by atoms with Gasteiger partial charge in [-0.3, -0.25) is 14.6 Å². The van der Waals surface area contributed by atoms with E-state index in [1.165, 1.54) is 0 Å². The molecule has 9 nitrogen and oxygen atoms in total. The maximum absolute atomic E-state index is 13.4. The standard InChI is InChI=1S/C29H34Cl2N4O5/c1-5-34-23(17-33-13-14-35(18(3)16-33)27(36)19-9-7-10-20(15-19)39-4)24(28(37)40-6-2)26(32-29(34)38)21-11-8-12-22(30)25(21)31/h7-12,15,18,26H,5-6,13-14,16-17H2,1-4H3,(H,32,38)/t18-,26+/m1/s1. The molecule has 1 N–H and O–H groups in total. The van der Waals surface area contributed by atoms with Gasteiger partial charge in [-0.25, -0.2) is 9.59 Å². The van der Waals surface area contributed by atoms with Gasteiger partial charge in [0.1, 0.15) is 5.75 Å². The number of hydrogen-bond acceptors (Lipinski definition) is 6. The van der Waals surface area contributed by atoms with Crippen molar-refractivity contribution < 1.29 is 23.9 Å². The van der Waals surface area contributed by atoms with E-state index >= 15 is 0 Å². The number of carbonyl (C=O) groups is 3. The second-order valence-electron chi connectivity index (χ2n) is 9.67. The van der Waals surface area contributed by atoms with Gasteiger partial charge in [-0.2, -0.15) is 0 Å². The van der Waals surface area contributed by atoms with Crippen LogP contribution in [0.3, 0.4) is 0 Å². The topological polar surface area (TPSA) is 91.4 Å². The highest BCUT2D eigenvalue weighted by Crippen LogP contribution is 2.38. The molecular formula is C29H34Cl2N4O5. The number of methoxy groups -OCH3 is 1. The Morgan fingerprint density at radius 3 is 2.52 bits per heavy atom. The molecule has 0 aliphatic carbocycles. The summed E-state index contributed by atoms with van der Waals surface area (Å²) in [4.78, 5) is 45.5. The highest BCUT2D eigenvalue weighted by molar-refractivity contribution is 6.42. The Kier molecular flexibility index (Phi) is 9.60. The summed E-state index contributed by atoms with van der Waals surface area (Å²) in [6.45, 7) is 8.01. The average molecular weight is 590 g/mol. The Hall–Kier alpha value is -3.27. The molecule has 0 spiro atoms. The summed E-state index contributed by atoms with van der Waals surface area (Å²) in [5, 5.41) is 3.50. The fourth-order valence-corrected chi connectivity index (χ4v) is 5.66. The Labute approximate surface area is 244 Å². The zero-order valence-corrected chi connectivity index (χ0v) is 24.6. The van der Waals surface area contributed by atoms with E-state index in [0.717, 1.165) is 0 Å². The minimum Gasteiger partial charge on any atom is -0.497 e. The third kappa shape index (κ3) is 6.06. The number of nitrogens with one attached hydrogen (secondary N) is 1. The van der Waals surface area contributed by atoms with Crippen molar-refractivity contribution in [3.63, 3.8) is 0 Å². The van der Waals surface area contributed by atoms with Crippen molar-refractivity contribution in [2.75, 3.05) is 46.4 Å². The van der Waals surface area contributed by atoms with Gasteiger partial charge in [0, 0.05) is 50.0 Å². The second kappa shape index (κ2) is 12.9. The van der Waals surface area contributed by atoms with E-state index in [1.54, 1.807) is 61.4 Å². The van der Waals surface area contributed by atoms with E-state index in [-0.39, 0.29) is 29.6 Å². The molecule has 2 heterocycles. The fraction of sp³-hybridized carbons (Fsp3) is 0.414. The lowest BCUT2D eigenvalue weighted by Gasteiger charge is -2.43. The first-order valence-corrected chi connectivity index (χ1v) is 14.0. The molecule has 2 aromatic carbocycles. The molecule has 2 aliphatic rings. The van der Waals surface area contributed by atoms with Gasteiger partial charge < -0.3 is 19.7 Å². The van der Waals surface area contributed by atoms with Gasteiger partial charge in [-0.1, -0.05) is 41.4 Å². The van der Waals surface area contributed by atoms with Crippen LogP contribution in [0, 0.1) is 0 Å². The van der Waals surface area contributed by atoms with Gasteiger partial charge in [-0.15, -0.1) is 0 Å². The molecule has 0 radical (unpaired) electrons. The van der Waals surface area contributed by atoms with Crippen LogP contribution >= 0.6 is 23.2 Å². The normalized spacial score (nSPS) is 19.9. The van der Waals surface area contributed by atoms with Crippen molar-refractivity contribution in [1.29, 1.82) is 0 Å². The molecule has 1 saturated heterocycles. The summed E-state index contributed by atoms with van der Waals surface area (Å²) in [6, 6.07) is 11.0. The third-order valence-corrected chi connectivity index (χ3v) is 8.04. The molecule has 2 atom stereocenters. The zero-order valence-electron chi connectivity index (χ0n) is 23.1. The molecule has 1 fully saturated rings. The molecule has 0 unspecified atom stereocenters. The zero-order chi connectivity index (χ0) is 29.0. The second-order valence-corrected chi connectivity index (χ2v) is 10.5. The largest absolute Gasteiger partial charge is 0.497 e. The molecule has 0 aromatic heterocycles. The average Bonchev–Trinajstić information content (AvgIpc) is 2.94. The predicted octanol–water partition coefficient (Wildman–Crippen LogP) is 4.75. The number of likely N-dealkylation sites (N-methyl/N-ethyl adjacent to an activating group) is 1. The summed E-state index contributed by atoms with van der Waals surface area (Å²) in [7, 11) is 1.57. The van der Waals surface area contributed by atoms with Crippen molar-refractivity contribution in [2.45, 2.75) is 32.9 Å². The van der Waals surface area contributed by atoms with Crippen LogP contribution in [0.5, 0.6) is 5.75 Å². The molecule has 40 heavy (non-hydrogen) atoms. The number of nitrogens with zero attached hydrogens (tertiary/aromatic N) is 3. The molecule has 0 bridgehead atoms. The van der Waals surface area contributed by atoms with E-state index in [4.69, 9.17) is 32.7 Å². The Morgan fingerprint density at radius 1 is 1.10 bits per heavy atom. The monoisotopic (exact) mass is 588 g/mol. The van der Waals surface area contributed by atoms with E-state index < -0.39 is 12.0 Å². The van der Waals surface area contributed by atoms with Gasteiger partial charge in [-0.05, 0) is 50.6 Å². The summed E-state index contributed by atoms with van der Waals surface area (Å²) in [6.07, 6.45) is 0. The number of urea groups is 1. The lowest BCUT2D eigenvalue weighted by atomic mass is 9.93. The van der Waals surface area contributed by atoms with Crippen LogP contribution in [0.15, 0.2) is 53.7 Å². The van der Waals surface area contributed by atoms with Crippen molar-refractivity contribution >= 4 is 41.1 Å².